The smallest absolute Gasteiger partial charge is 0.182 e. The Labute approximate surface area is 122 Å². The first-order valence-electron chi connectivity index (χ1n) is 5.88. The third kappa shape index (κ3) is 3.36. The van der Waals surface area contributed by atoms with Gasteiger partial charge in [0.1, 0.15) is 5.82 Å². The summed E-state index contributed by atoms with van der Waals surface area (Å²) in [6.45, 7) is 0.403. The molecular formula is C14H13ClFNO2S. The second-order valence-corrected chi connectivity index (χ2v) is 6.75. The topological polar surface area (TPSA) is 60.2 Å². The minimum atomic E-state index is -3.55. The van der Waals surface area contributed by atoms with E-state index in [0.29, 0.717) is 12.1 Å². The summed E-state index contributed by atoms with van der Waals surface area (Å²) in [5.41, 5.74) is 7.05. The molecule has 0 fully saturated rings. The number of nitrogens with two attached hydrogens (primary N) is 1. The van der Waals surface area contributed by atoms with Crippen LogP contribution in [0.5, 0.6) is 0 Å². The van der Waals surface area contributed by atoms with Gasteiger partial charge in [-0.1, -0.05) is 35.9 Å². The van der Waals surface area contributed by atoms with Gasteiger partial charge in [-0.05, 0) is 29.3 Å². The second-order valence-electron chi connectivity index (χ2n) is 4.36. The molecule has 0 spiro atoms. The van der Waals surface area contributed by atoms with Crippen LogP contribution in [0.4, 0.5) is 4.39 Å². The molecule has 0 saturated heterocycles. The van der Waals surface area contributed by atoms with Crippen LogP contribution in [-0.4, -0.2) is 8.42 Å². The van der Waals surface area contributed by atoms with Crippen LogP contribution in [0, 0.1) is 5.82 Å². The predicted molar refractivity (Wildman–Crippen MR) is 76.6 cm³/mol. The van der Waals surface area contributed by atoms with Gasteiger partial charge in [-0.3, -0.25) is 0 Å². The van der Waals surface area contributed by atoms with E-state index in [1.54, 1.807) is 24.3 Å². The van der Waals surface area contributed by atoms with E-state index < -0.39 is 15.7 Å². The zero-order valence-electron chi connectivity index (χ0n) is 10.5. The third-order valence-electron chi connectivity index (χ3n) is 2.87. The van der Waals surface area contributed by atoms with Gasteiger partial charge in [-0.15, -0.1) is 0 Å². The normalized spacial score (nSPS) is 11.6. The fourth-order valence-corrected chi connectivity index (χ4v) is 3.36. The molecule has 2 aromatic carbocycles. The van der Waals surface area contributed by atoms with Crippen molar-refractivity contribution < 1.29 is 12.8 Å². The lowest BCUT2D eigenvalue weighted by Gasteiger charge is -2.06. The predicted octanol–water partition coefficient (Wildman–Crippen LogP) is 2.91. The van der Waals surface area contributed by atoms with E-state index in [1.807, 2.05) is 0 Å². The number of rotatable bonds is 4. The summed E-state index contributed by atoms with van der Waals surface area (Å²) in [5.74, 6) is -0.808. The standard InChI is InChI=1S/C14H13ClFNO2S/c15-13-7-12(5-6-14(13)16)20(18,19)9-11-3-1-10(8-17)2-4-11/h1-7H,8-9,17H2. The van der Waals surface area contributed by atoms with E-state index in [0.717, 1.165) is 17.7 Å². The molecule has 2 rings (SSSR count). The fourth-order valence-electron chi connectivity index (χ4n) is 1.74. The van der Waals surface area contributed by atoms with Crippen molar-refractivity contribution >= 4 is 21.4 Å². The number of halogens is 2. The SMILES string of the molecule is NCc1ccc(CS(=O)(=O)c2ccc(F)c(Cl)c2)cc1. The lowest BCUT2D eigenvalue weighted by Crippen LogP contribution is -2.05. The molecular weight excluding hydrogens is 301 g/mol. The van der Waals surface area contributed by atoms with Crippen molar-refractivity contribution in [1.82, 2.24) is 0 Å². The molecule has 0 bridgehead atoms. The van der Waals surface area contributed by atoms with E-state index in [4.69, 9.17) is 17.3 Å². The maximum Gasteiger partial charge on any atom is 0.182 e. The molecule has 0 saturated carbocycles. The van der Waals surface area contributed by atoms with Crippen molar-refractivity contribution in [2.24, 2.45) is 5.73 Å². The highest BCUT2D eigenvalue weighted by atomic mass is 35.5. The van der Waals surface area contributed by atoms with Gasteiger partial charge in [0.15, 0.2) is 9.84 Å². The van der Waals surface area contributed by atoms with Gasteiger partial charge in [0, 0.05) is 6.54 Å². The Kier molecular flexibility index (Phi) is 4.42. The number of sulfone groups is 1. The highest BCUT2D eigenvalue weighted by Gasteiger charge is 2.17. The molecule has 0 radical (unpaired) electrons. The van der Waals surface area contributed by atoms with Crippen molar-refractivity contribution in [3.63, 3.8) is 0 Å². The summed E-state index contributed by atoms with van der Waals surface area (Å²) in [6.07, 6.45) is 0. The molecule has 20 heavy (non-hydrogen) atoms. The lowest BCUT2D eigenvalue weighted by molar-refractivity contribution is 0.594. The maximum absolute atomic E-state index is 13.1. The summed E-state index contributed by atoms with van der Waals surface area (Å²) in [4.78, 5) is 0.00630. The van der Waals surface area contributed by atoms with Gasteiger partial charge in [-0.25, -0.2) is 12.8 Å². The molecule has 0 aromatic heterocycles. The quantitative estimate of drug-likeness (QED) is 0.883. The van der Waals surface area contributed by atoms with Gasteiger partial charge in [-0.2, -0.15) is 0 Å². The van der Waals surface area contributed by atoms with E-state index in [1.165, 1.54) is 6.07 Å². The highest BCUT2D eigenvalue weighted by molar-refractivity contribution is 7.90. The van der Waals surface area contributed by atoms with Gasteiger partial charge in [0.05, 0.1) is 15.7 Å². The zero-order chi connectivity index (χ0) is 14.8. The first kappa shape index (κ1) is 15.0. The second kappa shape index (κ2) is 5.91. The van der Waals surface area contributed by atoms with Crippen LogP contribution in [0.25, 0.3) is 0 Å². The highest BCUT2D eigenvalue weighted by Crippen LogP contribution is 2.22. The van der Waals surface area contributed by atoms with Crippen LogP contribution < -0.4 is 5.73 Å². The zero-order valence-corrected chi connectivity index (χ0v) is 12.1. The van der Waals surface area contributed by atoms with Crippen molar-refractivity contribution in [1.29, 1.82) is 0 Å². The Balaban J connectivity index is 2.27. The molecule has 0 atom stereocenters. The number of hydrogen-bond acceptors (Lipinski definition) is 3. The fraction of sp³-hybridized carbons (Fsp3) is 0.143. The van der Waals surface area contributed by atoms with E-state index in [9.17, 15) is 12.8 Å². The molecule has 0 aliphatic heterocycles. The third-order valence-corrected chi connectivity index (χ3v) is 4.84. The molecule has 0 unspecified atom stereocenters. The van der Waals surface area contributed by atoms with E-state index in [-0.39, 0.29) is 15.7 Å². The Bertz CT molecular complexity index is 714. The maximum atomic E-state index is 13.1. The molecule has 2 N–H and O–H groups in total. The minimum Gasteiger partial charge on any atom is -0.326 e. The van der Waals surface area contributed by atoms with Gasteiger partial charge in [0.2, 0.25) is 0 Å². The van der Waals surface area contributed by atoms with Crippen molar-refractivity contribution in [3.05, 3.63) is 64.4 Å². The van der Waals surface area contributed by atoms with E-state index >= 15 is 0 Å². The molecule has 0 amide bonds. The number of hydrogen-bond donors (Lipinski definition) is 1. The van der Waals surface area contributed by atoms with Gasteiger partial charge in [0.25, 0.3) is 0 Å². The number of benzene rings is 2. The minimum absolute atomic E-state index is 0.00630. The average molecular weight is 314 g/mol. The van der Waals surface area contributed by atoms with E-state index in [2.05, 4.69) is 0 Å². The Morgan fingerprint density at radius 1 is 1.05 bits per heavy atom. The summed E-state index contributed by atoms with van der Waals surface area (Å²) in [5, 5.41) is -0.204. The Hall–Kier alpha value is -1.43. The molecule has 0 aliphatic carbocycles. The summed E-state index contributed by atoms with van der Waals surface area (Å²) in [7, 11) is -3.55. The molecule has 0 heterocycles. The van der Waals surface area contributed by atoms with Crippen molar-refractivity contribution in [2.45, 2.75) is 17.2 Å². The van der Waals surface area contributed by atoms with Crippen LogP contribution in [0.1, 0.15) is 11.1 Å². The summed E-state index contributed by atoms with van der Waals surface area (Å²) < 4.78 is 37.5. The van der Waals surface area contributed by atoms with Crippen LogP contribution >= 0.6 is 11.6 Å². The van der Waals surface area contributed by atoms with Gasteiger partial charge < -0.3 is 5.73 Å². The summed E-state index contributed by atoms with van der Waals surface area (Å²) >= 11 is 5.61. The largest absolute Gasteiger partial charge is 0.326 e. The lowest BCUT2D eigenvalue weighted by atomic mass is 10.1. The average Bonchev–Trinajstić information content (AvgIpc) is 2.42. The van der Waals surface area contributed by atoms with Gasteiger partial charge >= 0.3 is 0 Å². The first-order valence-corrected chi connectivity index (χ1v) is 7.91. The van der Waals surface area contributed by atoms with Crippen LogP contribution in [0.2, 0.25) is 5.02 Å². The molecule has 0 aliphatic rings. The molecule has 6 heteroatoms. The molecule has 2 aromatic rings. The van der Waals surface area contributed by atoms with Crippen molar-refractivity contribution in [2.75, 3.05) is 0 Å². The first-order chi connectivity index (χ1) is 9.42. The Morgan fingerprint density at radius 3 is 2.20 bits per heavy atom. The van der Waals surface area contributed by atoms with Crippen LogP contribution in [-0.2, 0) is 22.1 Å². The Morgan fingerprint density at radius 2 is 1.65 bits per heavy atom. The monoisotopic (exact) mass is 313 g/mol. The summed E-state index contributed by atoms with van der Waals surface area (Å²) in [6, 6.07) is 10.4. The molecule has 106 valence electrons. The van der Waals surface area contributed by atoms with Crippen LogP contribution in [0.3, 0.4) is 0 Å². The van der Waals surface area contributed by atoms with Crippen molar-refractivity contribution in [3.8, 4) is 0 Å². The van der Waals surface area contributed by atoms with Crippen LogP contribution in [0.15, 0.2) is 47.4 Å². The molecule has 3 nitrogen and oxygen atoms in total.